The Bertz CT molecular complexity index is 651. The monoisotopic (exact) mass is 341 g/mol. The number of nitrogens with two attached hydrogens (primary N) is 1. The fourth-order valence-corrected chi connectivity index (χ4v) is 2.48. The molecule has 0 aliphatic heterocycles. The molecule has 1 aromatic carbocycles. The van der Waals surface area contributed by atoms with Crippen molar-refractivity contribution in [2.24, 2.45) is 5.73 Å². The van der Waals surface area contributed by atoms with Gasteiger partial charge >= 0.3 is 0 Å². The summed E-state index contributed by atoms with van der Waals surface area (Å²) in [5.74, 6) is 0.355. The van der Waals surface area contributed by atoms with E-state index in [0.717, 1.165) is 0 Å². The SMILES string of the molecule is CCc1nc(C(=O)NCCCN)nn1-c1c(Cl)cccc1Cl. The van der Waals surface area contributed by atoms with Crippen LogP contribution in [0.4, 0.5) is 0 Å². The quantitative estimate of drug-likeness (QED) is 0.788. The highest BCUT2D eigenvalue weighted by Gasteiger charge is 2.19. The molecule has 0 unspecified atom stereocenters. The predicted octanol–water partition coefficient (Wildman–Crippen LogP) is 2.22. The first-order valence-corrected chi connectivity index (χ1v) is 7.72. The van der Waals surface area contributed by atoms with Crippen molar-refractivity contribution in [2.45, 2.75) is 19.8 Å². The van der Waals surface area contributed by atoms with Gasteiger partial charge in [0, 0.05) is 13.0 Å². The third-order valence-electron chi connectivity index (χ3n) is 3.01. The number of benzene rings is 1. The minimum atomic E-state index is -0.343. The summed E-state index contributed by atoms with van der Waals surface area (Å²) in [7, 11) is 0. The van der Waals surface area contributed by atoms with E-state index in [1.807, 2.05) is 6.92 Å². The highest BCUT2D eigenvalue weighted by molar-refractivity contribution is 6.37. The molecule has 22 heavy (non-hydrogen) atoms. The molecule has 2 rings (SSSR count). The Morgan fingerprint density at radius 2 is 2.05 bits per heavy atom. The summed E-state index contributed by atoms with van der Waals surface area (Å²) in [6.07, 6.45) is 1.29. The van der Waals surface area contributed by atoms with Crippen molar-refractivity contribution in [3.05, 3.63) is 39.9 Å². The number of hydrogen-bond donors (Lipinski definition) is 2. The molecule has 1 heterocycles. The van der Waals surface area contributed by atoms with Gasteiger partial charge in [-0.1, -0.05) is 36.2 Å². The van der Waals surface area contributed by atoms with Crippen LogP contribution in [-0.4, -0.2) is 33.8 Å². The van der Waals surface area contributed by atoms with Crippen molar-refractivity contribution in [3.8, 4) is 5.69 Å². The van der Waals surface area contributed by atoms with E-state index in [9.17, 15) is 4.79 Å². The average molecular weight is 342 g/mol. The lowest BCUT2D eigenvalue weighted by Crippen LogP contribution is -2.27. The first-order valence-electron chi connectivity index (χ1n) is 6.97. The fourth-order valence-electron chi connectivity index (χ4n) is 1.92. The maximum atomic E-state index is 12.0. The van der Waals surface area contributed by atoms with E-state index >= 15 is 0 Å². The van der Waals surface area contributed by atoms with Gasteiger partial charge < -0.3 is 11.1 Å². The summed E-state index contributed by atoms with van der Waals surface area (Å²) in [6.45, 7) is 2.91. The summed E-state index contributed by atoms with van der Waals surface area (Å²) in [4.78, 5) is 16.3. The second-order valence-electron chi connectivity index (χ2n) is 4.59. The van der Waals surface area contributed by atoms with E-state index in [1.54, 1.807) is 18.2 Å². The van der Waals surface area contributed by atoms with E-state index in [-0.39, 0.29) is 11.7 Å². The van der Waals surface area contributed by atoms with Crippen molar-refractivity contribution >= 4 is 29.1 Å². The number of halogens is 2. The maximum absolute atomic E-state index is 12.0. The lowest BCUT2D eigenvalue weighted by atomic mass is 10.3. The van der Waals surface area contributed by atoms with Gasteiger partial charge in [-0.25, -0.2) is 9.67 Å². The second-order valence-corrected chi connectivity index (χ2v) is 5.40. The normalized spacial score (nSPS) is 10.7. The average Bonchev–Trinajstić information content (AvgIpc) is 2.91. The molecule has 0 bridgehead atoms. The lowest BCUT2D eigenvalue weighted by Gasteiger charge is -2.08. The molecule has 2 aromatic rings. The van der Waals surface area contributed by atoms with Crippen molar-refractivity contribution < 1.29 is 4.79 Å². The molecule has 8 heteroatoms. The summed E-state index contributed by atoms with van der Waals surface area (Å²) in [5, 5.41) is 7.86. The predicted molar refractivity (Wildman–Crippen MR) is 86.8 cm³/mol. The number of nitrogens with one attached hydrogen (secondary N) is 1. The van der Waals surface area contributed by atoms with Crippen LogP contribution in [0.2, 0.25) is 10.0 Å². The lowest BCUT2D eigenvalue weighted by molar-refractivity contribution is 0.0943. The number of rotatable bonds is 6. The van der Waals surface area contributed by atoms with E-state index in [4.69, 9.17) is 28.9 Å². The first kappa shape index (κ1) is 16.7. The molecule has 0 aliphatic rings. The molecule has 0 saturated carbocycles. The molecule has 0 fully saturated rings. The smallest absolute Gasteiger partial charge is 0.290 e. The van der Waals surface area contributed by atoms with Gasteiger partial charge in [-0.3, -0.25) is 4.79 Å². The Labute approximate surface area is 138 Å². The van der Waals surface area contributed by atoms with Gasteiger partial charge in [0.25, 0.3) is 5.91 Å². The largest absolute Gasteiger partial charge is 0.349 e. The van der Waals surface area contributed by atoms with Crippen LogP contribution in [0.1, 0.15) is 29.8 Å². The minimum Gasteiger partial charge on any atom is -0.349 e. The number of carbonyl (C=O) groups excluding carboxylic acids is 1. The first-order chi connectivity index (χ1) is 10.6. The highest BCUT2D eigenvalue weighted by Crippen LogP contribution is 2.28. The minimum absolute atomic E-state index is 0.0878. The molecular formula is C14H17Cl2N5O. The topological polar surface area (TPSA) is 85.8 Å². The molecular weight excluding hydrogens is 325 g/mol. The molecule has 3 N–H and O–H groups in total. The zero-order chi connectivity index (χ0) is 16.1. The van der Waals surface area contributed by atoms with E-state index in [2.05, 4.69) is 15.4 Å². The van der Waals surface area contributed by atoms with Gasteiger partial charge in [0.15, 0.2) is 0 Å². The van der Waals surface area contributed by atoms with Crippen LogP contribution in [0.3, 0.4) is 0 Å². The Morgan fingerprint density at radius 1 is 1.36 bits per heavy atom. The number of carbonyl (C=O) groups is 1. The van der Waals surface area contributed by atoms with Gasteiger partial charge in [0.2, 0.25) is 5.82 Å². The molecule has 0 radical (unpaired) electrons. The molecule has 1 amide bonds. The molecule has 118 valence electrons. The maximum Gasteiger partial charge on any atom is 0.290 e. The summed E-state index contributed by atoms with van der Waals surface area (Å²) >= 11 is 12.4. The molecule has 0 spiro atoms. The van der Waals surface area contributed by atoms with Gasteiger partial charge in [-0.15, -0.1) is 5.10 Å². The van der Waals surface area contributed by atoms with E-state index < -0.39 is 0 Å². The van der Waals surface area contributed by atoms with Crippen molar-refractivity contribution in [3.63, 3.8) is 0 Å². The van der Waals surface area contributed by atoms with Crippen molar-refractivity contribution in [2.75, 3.05) is 13.1 Å². The number of hydrogen-bond acceptors (Lipinski definition) is 4. The fraction of sp³-hybridized carbons (Fsp3) is 0.357. The van der Waals surface area contributed by atoms with Crippen LogP contribution >= 0.6 is 23.2 Å². The molecule has 0 aliphatic carbocycles. The van der Waals surface area contributed by atoms with Crippen LogP contribution in [0, 0.1) is 0 Å². The van der Waals surface area contributed by atoms with Crippen LogP contribution in [0.25, 0.3) is 5.69 Å². The van der Waals surface area contributed by atoms with Crippen LogP contribution in [0.5, 0.6) is 0 Å². The zero-order valence-corrected chi connectivity index (χ0v) is 13.7. The van der Waals surface area contributed by atoms with Crippen molar-refractivity contribution in [1.82, 2.24) is 20.1 Å². The second kappa shape index (κ2) is 7.58. The molecule has 1 aromatic heterocycles. The zero-order valence-electron chi connectivity index (χ0n) is 12.1. The summed E-state index contributed by atoms with van der Waals surface area (Å²) in [6, 6.07) is 5.17. The molecule has 0 saturated heterocycles. The van der Waals surface area contributed by atoms with Gasteiger partial charge in [-0.2, -0.15) is 0 Å². The Balaban J connectivity index is 2.35. The van der Waals surface area contributed by atoms with Gasteiger partial charge in [0.05, 0.1) is 10.0 Å². The Hall–Kier alpha value is -1.63. The van der Waals surface area contributed by atoms with Crippen LogP contribution < -0.4 is 11.1 Å². The van der Waals surface area contributed by atoms with Gasteiger partial charge in [0.1, 0.15) is 11.5 Å². The van der Waals surface area contributed by atoms with E-state index in [1.165, 1.54) is 4.68 Å². The number of amides is 1. The number of aromatic nitrogens is 3. The van der Waals surface area contributed by atoms with E-state index in [0.29, 0.717) is 47.5 Å². The third-order valence-corrected chi connectivity index (χ3v) is 3.62. The summed E-state index contributed by atoms with van der Waals surface area (Å²) in [5.41, 5.74) is 5.92. The van der Waals surface area contributed by atoms with Gasteiger partial charge in [-0.05, 0) is 25.1 Å². The summed E-state index contributed by atoms with van der Waals surface area (Å²) < 4.78 is 1.52. The number of nitrogens with zero attached hydrogens (tertiary/aromatic N) is 3. The van der Waals surface area contributed by atoms with Crippen molar-refractivity contribution in [1.29, 1.82) is 0 Å². The Morgan fingerprint density at radius 3 is 2.64 bits per heavy atom. The molecule has 6 nitrogen and oxygen atoms in total. The standard InChI is InChI=1S/C14H17Cl2N5O/c1-2-11-19-13(14(22)18-8-4-7-17)20-21(11)12-9(15)5-3-6-10(12)16/h3,5-6H,2,4,7-8,17H2,1H3,(H,18,22). The molecule has 0 atom stereocenters. The Kier molecular flexibility index (Phi) is 5.76. The van der Waals surface area contributed by atoms with Crippen LogP contribution in [-0.2, 0) is 6.42 Å². The number of aryl methyl sites for hydroxylation is 1. The highest BCUT2D eigenvalue weighted by atomic mass is 35.5. The van der Waals surface area contributed by atoms with Crippen LogP contribution in [0.15, 0.2) is 18.2 Å². The number of para-hydroxylation sites is 1. The third kappa shape index (κ3) is 3.58.